The van der Waals surface area contributed by atoms with E-state index in [4.69, 9.17) is 9.84 Å². The molecule has 0 bridgehead atoms. The Morgan fingerprint density at radius 1 is 1.43 bits per heavy atom. The molecule has 21 heavy (non-hydrogen) atoms. The van der Waals surface area contributed by atoms with Crippen LogP contribution in [0.4, 0.5) is 5.69 Å². The Kier molecular flexibility index (Phi) is 3.47. The number of guanidine groups is 1. The maximum absolute atomic E-state index is 11.4. The van der Waals surface area contributed by atoms with Gasteiger partial charge in [0.25, 0.3) is 0 Å². The lowest BCUT2D eigenvalue weighted by Crippen LogP contribution is -2.31. The van der Waals surface area contributed by atoms with Gasteiger partial charge in [-0.2, -0.15) is 0 Å². The number of aliphatic carboxylic acids is 1. The first-order chi connectivity index (χ1) is 10.1. The third-order valence-corrected chi connectivity index (χ3v) is 3.33. The molecule has 0 unspecified atom stereocenters. The molecule has 0 aliphatic carbocycles. The average molecular weight is 289 g/mol. The quantitative estimate of drug-likeness (QED) is 0.785. The third kappa shape index (κ3) is 2.96. The van der Waals surface area contributed by atoms with Gasteiger partial charge in [-0.3, -0.25) is 14.9 Å². The first kappa shape index (κ1) is 13.4. The molecule has 1 saturated heterocycles. The second-order valence-electron chi connectivity index (χ2n) is 4.98. The molecule has 110 valence electrons. The fourth-order valence-electron chi connectivity index (χ4n) is 2.34. The van der Waals surface area contributed by atoms with Gasteiger partial charge in [-0.1, -0.05) is 0 Å². The van der Waals surface area contributed by atoms with Gasteiger partial charge in [-0.25, -0.2) is 4.99 Å². The number of carbonyl (C=O) groups is 2. The molecule has 1 aromatic rings. The fraction of sp³-hybridized carbons (Fsp3) is 0.357. The molecule has 0 radical (unpaired) electrons. The van der Waals surface area contributed by atoms with Crippen LogP contribution in [0.2, 0.25) is 0 Å². The Hall–Kier alpha value is -2.57. The van der Waals surface area contributed by atoms with E-state index in [9.17, 15) is 9.59 Å². The molecule has 1 aromatic carbocycles. The summed E-state index contributed by atoms with van der Waals surface area (Å²) in [5.74, 6) is 0.419. The number of carbonyl (C=O) groups excluding carboxylic acids is 1. The molecule has 1 fully saturated rings. The van der Waals surface area contributed by atoms with Crippen LogP contribution in [-0.2, 0) is 16.1 Å². The van der Waals surface area contributed by atoms with Gasteiger partial charge in [0.15, 0.2) is 0 Å². The van der Waals surface area contributed by atoms with Crippen LogP contribution >= 0.6 is 0 Å². The highest BCUT2D eigenvalue weighted by Crippen LogP contribution is 2.30. The van der Waals surface area contributed by atoms with Crippen LogP contribution in [-0.4, -0.2) is 41.0 Å². The van der Waals surface area contributed by atoms with E-state index in [2.05, 4.69) is 10.3 Å². The zero-order chi connectivity index (χ0) is 14.8. The van der Waals surface area contributed by atoms with E-state index in [1.54, 1.807) is 6.07 Å². The van der Waals surface area contributed by atoms with Crippen molar-refractivity contribution in [2.24, 2.45) is 4.99 Å². The topological polar surface area (TPSA) is 91.2 Å². The Morgan fingerprint density at radius 2 is 2.29 bits per heavy atom. The van der Waals surface area contributed by atoms with E-state index in [0.717, 1.165) is 11.3 Å². The maximum Gasteiger partial charge on any atom is 0.303 e. The van der Waals surface area contributed by atoms with Crippen LogP contribution in [0.15, 0.2) is 23.2 Å². The van der Waals surface area contributed by atoms with Crippen LogP contribution < -0.4 is 10.1 Å². The average Bonchev–Trinajstić information content (AvgIpc) is 2.79. The number of benzene rings is 1. The molecule has 3 rings (SSSR count). The van der Waals surface area contributed by atoms with E-state index in [1.165, 1.54) is 0 Å². The van der Waals surface area contributed by atoms with Crippen molar-refractivity contribution in [1.82, 2.24) is 10.2 Å². The number of nitrogens with one attached hydrogen (secondary N) is 1. The molecule has 7 heteroatoms. The number of hydrogen-bond acceptors (Lipinski definition) is 5. The summed E-state index contributed by atoms with van der Waals surface area (Å²) in [5, 5.41) is 11.3. The van der Waals surface area contributed by atoms with Gasteiger partial charge in [0.05, 0.1) is 12.3 Å². The second-order valence-corrected chi connectivity index (χ2v) is 4.98. The molecular formula is C14H15N3O4. The molecule has 2 aliphatic heterocycles. The molecule has 0 saturated carbocycles. The van der Waals surface area contributed by atoms with Crippen molar-refractivity contribution in [3.63, 3.8) is 0 Å². The zero-order valence-electron chi connectivity index (χ0n) is 11.3. The molecule has 0 atom stereocenters. The van der Waals surface area contributed by atoms with Crippen LogP contribution in [0.1, 0.15) is 18.4 Å². The predicted molar refractivity (Wildman–Crippen MR) is 74.5 cm³/mol. The number of ether oxygens (including phenoxy) is 1. The number of nitrogens with zero attached hydrogens (tertiary/aromatic N) is 2. The molecule has 2 aliphatic rings. The SMILES string of the molecule is O=C(O)CCCOc1ccc2c(c1)CN1CC(=O)NC1=N2. The standard InChI is InChI=1S/C14H15N3O4/c18-12-8-17-7-9-6-10(21-5-1-2-13(19)20)3-4-11(9)15-14(17)16-12/h3-4,6H,1-2,5,7-8H2,(H,19,20)(H,15,16,18). The van der Waals surface area contributed by atoms with Crippen molar-refractivity contribution >= 4 is 23.5 Å². The molecule has 0 spiro atoms. The van der Waals surface area contributed by atoms with Gasteiger partial charge in [0.1, 0.15) is 12.3 Å². The Bertz CT molecular complexity index is 627. The third-order valence-electron chi connectivity index (χ3n) is 3.33. The van der Waals surface area contributed by atoms with E-state index < -0.39 is 5.97 Å². The van der Waals surface area contributed by atoms with Gasteiger partial charge in [0, 0.05) is 18.5 Å². The van der Waals surface area contributed by atoms with E-state index >= 15 is 0 Å². The van der Waals surface area contributed by atoms with Crippen LogP contribution in [0.5, 0.6) is 5.75 Å². The van der Waals surface area contributed by atoms with Crippen molar-refractivity contribution in [1.29, 1.82) is 0 Å². The van der Waals surface area contributed by atoms with Crippen LogP contribution in [0.25, 0.3) is 0 Å². The summed E-state index contributed by atoms with van der Waals surface area (Å²) in [4.78, 5) is 28.0. The highest BCUT2D eigenvalue weighted by Gasteiger charge is 2.29. The van der Waals surface area contributed by atoms with E-state index in [1.807, 2.05) is 17.0 Å². The smallest absolute Gasteiger partial charge is 0.303 e. The summed E-state index contributed by atoms with van der Waals surface area (Å²) in [5.41, 5.74) is 1.81. The molecular weight excluding hydrogens is 274 g/mol. The molecule has 7 nitrogen and oxygen atoms in total. The van der Waals surface area contributed by atoms with E-state index in [-0.39, 0.29) is 12.3 Å². The van der Waals surface area contributed by atoms with Crippen LogP contribution in [0.3, 0.4) is 0 Å². The number of rotatable bonds is 5. The number of hydrogen-bond donors (Lipinski definition) is 2. The first-order valence-corrected chi connectivity index (χ1v) is 6.73. The van der Waals surface area contributed by atoms with Crippen molar-refractivity contribution in [2.75, 3.05) is 13.2 Å². The lowest BCUT2D eigenvalue weighted by Gasteiger charge is -2.23. The second kappa shape index (κ2) is 5.43. The molecule has 1 amide bonds. The van der Waals surface area contributed by atoms with E-state index in [0.29, 0.717) is 37.8 Å². The Morgan fingerprint density at radius 3 is 3.10 bits per heavy atom. The van der Waals surface area contributed by atoms with Gasteiger partial charge < -0.3 is 14.7 Å². The minimum absolute atomic E-state index is 0.0494. The predicted octanol–water partition coefficient (Wildman–Crippen LogP) is 0.863. The highest BCUT2D eigenvalue weighted by molar-refractivity contribution is 6.05. The normalized spacial score (nSPS) is 15.9. The van der Waals surface area contributed by atoms with Gasteiger partial charge >= 0.3 is 5.97 Å². The maximum atomic E-state index is 11.4. The number of amides is 1. The summed E-state index contributed by atoms with van der Waals surface area (Å²) in [6, 6.07) is 5.53. The number of fused-ring (bicyclic) bond motifs is 2. The van der Waals surface area contributed by atoms with Crippen molar-refractivity contribution in [3.8, 4) is 5.75 Å². The Balaban J connectivity index is 1.66. The van der Waals surface area contributed by atoms with Crippen molar-refractivity contribution in [3.05, 3.63) is 23.8 Å². The molecule has 2 N–H and O–H groups in total. The lowest BCUT2D eigenvalue weighted by atomic mass is 10.1. The largest absolute Gasteiger partial charge is 0.494 e. The number of aliphatic imine (C=N–C) groups is 1. The zero-order valence-corrected chi connectivity index (χ0v) is 11.3. The molecule has 2 heterocycles. The number of carboxylic acid groups (broad SMARTS) is 1. The Labute approximate surface area is 121 Å². The number of carboxylic acids is 1. The van der Waals surface area contributed by atoms with Crippen molar-refractivity contribution < 1.29 is 19.4 Å². The molecule has 0 aromatic heterocycles. The highest BCUT2D eigenvalue weighted by atomic mass is 16.5. The first-order valence-electron chi connectivity index (χ1n) is 6.73. The summed E-state index contributed by atoms with van der Waals surface area (Å²) in [6.07, 6.45) is 0.569. The van der Waals surface area contributed by atoms with Gasteiger partial charge in [-0.15, -0.1) is 0 Å². The summed E-state index contributed by atoms with van der Waals surface area (Å²) in [6.45, 7) is 1.30. The summed E-state index contributed by atoms with van der Waals surface area (Å²) >= 11 is 0. The van der Waals surface area contributed by atoms with Gasteiger partial charge in [0.2, 0.25) is 11.9 Å². The summed E-state index contributed by atoms with van der Waals surface area (Å²) in [7, 11) is 0. The minimum atomic E-state index is -0.822. The minimum Gasteiger partial charge on any atom is -0.494 e. The monoisotopic (exact) mass is 289 g/mol. The van der Waals surface area contributed by atoms with Gasteiger partial charge in [-0.05, 0) is 24.6 Å². The van der Waals surface area contributed by atoms with Crippen LogP contribution in [0, 0.1) is 0 Å². The summed E-state index contributed by atoms with van der Waals surface area (Å²) < 4.78 is 5.54. The van der Waals surface area contributed by atoms with Crippen molar-refractivity contribution in [2.45, 2.75) is 19.4 Å². The lowest BCUT2D eigenvalue weighted by molar-refractivity contribution is -0.137. The fourth-order valence-corrected chi connectivity index (χ4v) is 2.34.